The van der Waals surface area contributed by atoms with E-state index in [1.807, 2.05) is 31.2 Å². The van der Waals surface area contributed by atoms with Gasteiger partial charge in [-0.05, 0) is 37.5 Å². The Balaban J connectivity index is 2.78. The summed E-state index contributed by atoms with van der Waals surface area (Å²) in [5, 5.41) is 0. The second-order valence-corrected chi connectivity index (χ2v) is 3.81. The molecule has 0 fully saturated rings. The molecule has 0 saturated carbocycles. The van der Waals surface area contributed by atoms with E-state index >= 15 is 0 Å². The van der Waals surface area contributed by atoms with Crippen molar-refractivity contribution in [2.24, 2.45) is 0 Å². The lowest BCUT2D eigenvalue weighted by Crippen LogP contribution is -2.02. The number of hydrogen-bond donors (Lipinski definition) is 0. The Kier molecular flexibility index (Phi) is 4.77. The molecule has 2 nitrogen and oxygen atoms in total. The second kappa shape index (κ2) is 6.11. The number of ether oxygens (including phenoxy) is 1. The SMILES string of the molecule is C=CCCCC(=O)c1ccc(C)cc1OC. The molecule has 0 atom stereocenters. The number of methoxy groups -OCH3 is 1. The molecule has 0 bridgehead atoms. The Bertz CT molecular complexity index is 380. The van der Waals surface area contributed by atoms with Crippen LogP contribution in [-0.2, 0) is 0 Å². The van der Waals surface area contributed by atoms with Crippen molar-refractivity contribution in [2.45, 2.75) is 26.2 Å². The first-order chi connectivity index (χ1) is 7.69. The molecular formula is C14H18O2. The number of carbonyl (C=O) groups excluding carboxylic acids is 1. The van der Waals surface area contributed by atoms with Crippen LogP contribution in [-0.4, -0.2) is 12.9 Å². The molecule has 2 heteroatoms. The number of hydrogen-bond acceptors (Lipinski definition) is 2. The minimum atomic E-state index is 0.138. The van der Waals surface area contributed by atoms with Crippen molar-refractivity contribution >= 4 is 5.78 Å². The third-order valence-electron chi connectivity index (χ3n) is 2.47. The predicted octanol–water partition coefficient (Wildman–Crippen LogP) is 3.54. The third kappa shape index (κ3) is 3.23. The maximum Gasteiger partial charge on any atom is 0.166 e. The molecule has 0 aliphatic carbocycles. The van der Waals surface area contributed by atoms with Gasteiger partial charge in [-0.2, -0.15) is 0 Å². The zero-order valence-corrected chi connectivity index (χ0v) is 9.95. The van der Waals surface area contributed by atoms with Crippen molar-refractivity contribution in [3.05, 3.63) is 42.0 Å². The summed E-state index contributed by atoms with van der Waals surface area (Å²) in [5.74, 6) is 0.808. The molecule has 0 N–H and O–H groups in total. The average molecular weight is 218 g/mol. The lowest BCUT2D eigenvalue weighted by Gasteiger charge is -2.08. The zero-order chi connectivity index (χ0) is 12.0. The average Bonchev–Trinajstić information content (AvgIpc) is 2.29. The van der Waals surface area contributed by atoms with Crippen LogP contribution in [0.15, 0.2) is 30.9 Å². The fourth-order valence-corrected chi connectivity index (χ4v) is 1.57. The van der Waals surface area contributed by atoms with Gasteiger partial charge in [-0.1, -0.05) is 12.1 Å². The van der Waals surface area contributed by atoms with Gasteiger partial charge in [0, 0.05) is 6.42 Å². The standard InChI is InChI=1S/C14H18O2/c1-4-5-6-7-13(15)12-9-8-11(2)10-14(12)16-3/h4,8-10H,1,5-7H2,2-3H3. The van der Waals surface area contributed by atoms with E-state index in [1.165, 1.54) is 0 Å². The monoisotopic (exact) mass is 218 g/mol. The van der Waals surface area contributed by atoms with Crippen molar-refractivity contribution in [3.63, 3.8) is 0 Å². The van der Waals surface area contributed by atoms with E-state index in [-0.39, 0.29) is 5.78 Å². The minimum Gasteiger partial charge on any atom is -0.496 e. The molecule has 0 radical (unpaired) electrons. The highest BCUT2D eigenvalue weighted by Gasteiger charge is 2.11. The Hall–Kier alpha value is -1.57. The van der Waals surface area contributed by atoms with Gasteiger partial charge in [0.05, 0.1) is 12.7 Å². The summed E-state index contributed by atoms with van der Waals surface area (Å²) in [6, 6.07) is 5.66. The molecule has 0 amide bonds. The van der Waals surface area contributed by atoms with Gasteiger partial charge in [0.2, 0.25) is 0 Å². The first-order valence-corrected chi connectivity index (χ1v) is 5.47. The minimum absolute atomic E-state index is 0.138. The maximum atomic E-state index is 11.9. The number of unbranched alkanes of at least 4 members (excludes halogenated alkanes) is 1. The van der Waals surface area contributed by atoms with Crippen molar-refractivity contribution in [2.75, 3.05) is 7.11 Å². The van der Waals surface area contributed by atoms with Crippen LogP contribution in [0.1, 0.15) is 35.2 Å². The molecule has 86 valence electrons. The molecule has 0 saturated heterocycles. The van der Waals surface area contributed by atoms with Crippen LogP contribution < -0.4 is 4.74 Å². The highest BCUT2D eigenvalue weighted by atomic mass is 16.5. The predicted molar refractivity (Wildman–Crippen MR) is 66.1 cm³/mol. The molecule has 1 aromatic carbocycles. The van der Waals surface area contributed by atoms with Crippen LogP contribution in [0.25, 0.3) is 0 Å². The summed E-state index contributed by atoms with van der Waals surface area (Å²) in [4.78, 5) is 11.9. The fourth-order valence-electron chi connectivity index (χ4n) is 1.57. The van der Waals surface area contributed by atoms with E-state index in [0.29, 0.717) is 17.7 Å². The zero-order valence-electron chi connectivity index (χ0n) is 9.95. The number of Topliss-reactive ketones (excluding diaryl/α,β-unsaturated/α-hetero) is 1. The van der Waals surface area contributed by atoms with Gasteiger partial charge in [0.15, 0.2) is 5.78 Å². The molecule has 0 spiro atoms. The third-order valence-corrected chi connectivity index (χ3v) is 2.47. The van der Waals surface area contributed by atoms with Gasteiger partial charge in [0.25, 0.3) is 0 Å². The van der Waals surface area contributed by atoms with Crippen LogP contribution in [0, 0.1) is 6.92 Å². The Morgan fingerprint density at radius 1 is 1.50 bits per heavy atom. The summed E-state index contributed by atoms with van der Waals surface area (Å²) in [5.41, 5.74) is 1.77. The van der Waals surface area contributed by atoms with E-state index in [2.05, 4.69) is 6.58 Å². The van der Waals surface area contributed by atoms with Crippen LogP contribution in [0.4, 0.5) is 0 Å². The van der Waals surface area contributed by atoms with Crippen molar-refractivity contribution in [1.29, 1.82) is 0 Å². The molecule has 1 aromatic rings. The smallest absolute Gasteiger partial charge is 0.166 e. The molecule has 16 heavy (non-hydrogen) atoms. The Morgan fingerprint density at radius 3 is 2.88 bits per heavy atom. The number of benzene rings is 1. The summed E-state index contributed by atoms with van der Waals surface area (Å²) in [6.07, 6.45) is 4.10. The van der Waals surface area contributed by atoms with E-state index < -0.39 is 0 Å². The lowest BCUT2D eigenvalue weighted by atomic mass is 10.0. The summed E-state index contributed by atoms with van der Waals surface area (Å²) >= 11 is 0. The van der Waals surface area contributed by atoms with Crippen molar-refractivity contribution < 1.29 is 9.53 Å². The van der Waals surface area contributed by atoms with Gasteiger partial charge >= 0.3 is 0 Å². The second-order valence-electron chi connectivity index (χ2n) is 3.81. The molecule has 0 aliphatic heterocycles. The summed E-state index contributed by atoms with van der Waals surface area (Å²) in [6.45, 7) is 5.62. The van der Waals surface area contributed by atoms with Crippen molar-refractivity contribution in [3.8, 4) is 5.75 Å². The number of allylic oxidation sites excluding steroid dienone is 1. The maximum absolute atomic E-state index is 11.9. The fraction of sp³-hybridized carbons (Fsp3) is 0.357. The van der Waals surface area contributed by atoms with E-state index in [4.69, 9.17) is 4.74 Å². The molecule has 0 heterocycles. The van der Waals surface area contributed by atoms with E-state index in [1.54, 1.807) is 7.11 Å². The van der Waals surface area contributed by atoms with Gasteiger partial charge in [0.1, 0.15) is 5.75 Å². The van der Waals surface area contributed by atoms with Gasteiger partial charge < -0.3 is 4.74 Å². The Labute approximate surface area is 96.9 Å². The first kappa shape index (κ1) is 12.5. The summed E-state index contributed by atoms with van der Waals surface area (Å²) in [7, 11) is 1.59. The molecule has 0 aliphatic rings. The lowest BCUT2D eigenvalue weighted by molar-refractivity contribution is 0.0977. The largest absolute Gasteiger partial charge is 0.496 e. The van der Waals surface area contributed by atoms with Crippen LogP contribution in [0.2, 0.25) is 0 Å². The number of carbonyl (C=O) groups is 1. The number of aryl methyl sites for hydroxylation is 1. The van der Waals surface area contributed by atoms with Gasteiger partial charge in [-0.25, -0.2) is 0 Å². The van der Waals surface area contributed by atoms with Gasteiger partial charge in [-0.3, -0.25) is 4.79 Å². The highest BCUT2D eigenvalue weighted by Crippen LogP contribution is 2.22. The quantitative estimate of drug-likeness (QED) is 0.414. The molecule has 0 unspecified atom stereocenters. The Morgan fingerprint density at radius 2 is 2.25 bits per heavy atom. The van der Waals surface area contributed by atoms with E-state index in [0.717, 1.165) is 18.4 Å². The first-order valence-electron chi connectivity index (χ1n) is 5.47. The van der Waals surface area contributed by atoms with Gasteiger partial charge in [-0.15, -0.1) is 6.58 Å². The van der Waals surface area contributed by atoms with Crippen LogP contribution in [0.5, 0.6) is 5.75 Å². The van der Waals surface area contributed by atoms with Crippen molar-refractivity contribution in [1.82, 2.24) is 0 Å². The molecule has 1 rings (SSSR count). The molecular weight excluding hydrogens is 200 g/mol. The number of ketones is 1. The normalized spacial score (nSPS) is 9.88. The van der Waals surface area contributed by atoms with Crippen LogP contribution >= 0.6 is 0 Å². The topological polar surface area (TPSA) is 26.3 Å². The summed E-state index contributed by atoms with van der Waals surface area (Å²) < 4.78 is 5.21. The van der Waals surface area contributed by atoms with E-state index in [9.17, 15) is 4.79 Å². The highest BCUT2D eigenvalue weighted by molar-refractivity contribution is 5.98. The van der Waals surface area contributed by atoms with Crippen LogP contribution in [0.3, 0.4) is 0 Å². The molecule has 0 aromatic heterocycles. The number of rotatable bonds is 6.